The zero-order valence-corrected chi connectivity index (χ0v) is 12.8. The van der Waals surface area contributed by atoms with Gasteiger partial charge in [-0.25, -0.2) is 4.68 Å². The van der Waals surface area contributed by atoms with Crippen molar-refractivity contribution in [3.63, 3.8) is 0 Å². The standard InChI is InChI=1S/C17H21N3O2/c1-13-3-2-4-16(7-13)20-11-15(10-19-20)9-18-17(21)8-14-5-6-22-12-14/h2-4,7,10-11,14H,5-6,8-9,12H2,1H3,(H,18,21)/t14-/m0/s1. The summed E-state index contributed by atoms with van der Waals surface area (Å²) in [5.41, 5.74) is 3.22. The Bertz CT molecular complexity index is 645. The minimum atomic E-state index is 0.0822. The first kappa shape index (κ1) is 14.8. The summed E-state index contributed by atoms with van der Waals surface area (Å²) in [6.07, 6.45) is 5.28. The number of nitrogens with zero attached hydrogens (tertiary/aromatic N) is 2. The van der Waals surface area contributed by atoms with Gasteiger partial charge in [-0.15, -0.1) is 0 Å². The molecule has 1 saturated heterocycles. The average molecular weight is 299 g/mol. The van der Waals surface area contributed by atoms with Gasteiger partial charge in [-0.05, 0) is 37.0 Å². The Labute approximate surface area is 130 Å². The third-order valence-electron chi connectivity index (χ3n) is 3.89. The van der Waals surface area contributed by atoms with Crippen LogP contribution in [0, 0.1) is 12.8 Å². The van der Waals surface area contributed by atoms with Gasteiger partial charge in [-0.2, -0.15) is 5.10 Å². The van der Waals surface area contributed by atoms with Gasteiger partial charge in [-0.3, -0.25) is 4.79 Å². The fraction of sp³-hybridized carbons (Fsp3) is 0.412. The minimum absolute atomic E-state index is 0.0822. The molecule has 1 atom stereocenters. The second-order valence-corrected chi connectivity index (χ2v) is 5.84. The molecule has 5 heteroatoms. The normalized spacial score (nSPS) is 17.6. The maximum Gasteiger partial charge on any atom is 0.220 e. The molecular weight excluding hydrogens is 278 g/mol. The van der Waals surface area contributed by atoms with Crippen molar-refractivity contribution in [3.8, 4) is 5.69 Å². The van der Waals surface area contributed by atoms with Crippen LogP contribution in [0.5, 0.6) is 0 Å². The van der Waals surface area contributed by atoms with Crippen molar-refractivity contribution in [2.24, 2.45) is 5.92 Å². The first-order valence-electron chi connectivity index (χ1n) is 7.66. The molecule has 1 aromatic carbocycles. The topological polar surface area (TPSA) is 56.2 Å². The lowest BCUT2D eigenvalue weighted by Crippen LogP contribution is -2.25. The number of nitrogens with one attached hydrogen (secondary N) is 1. The molecule has 1 aromatic heterocycles. The van der Waals surface area contributed by atoms with Gasteiger partial charge in [0.1, 0.15) is 0 Å². The van der Waals surface area contributed by atoms with Crippen molar-refractivity contribution in [1.82, 2.24) is 15.1 Å². The third-order valence-corrected chi connectivity index (χ3v) is 3.89. The molecule has 2 heterocycles. The molecule has 0 bridgehead atoms. The number of hydrogen-bond donors (Lipinski definition) is 1. The van der Waals surface area contributed by atoms with E-state index in [1.807, 2.05) is 23.0 Å². The molecule has 1 fully saturated rings. The Morgan fingerprint density at radius 2 is 2.41 bits per heavy atom. The molecule has 1 N–H and O–H groups in total. The largest absolute Gasteiger partial charge is 0.381 e. The summed E-state index contributed by atoms with van der Waals surface area (Å²) in [4.78, 5) is 11.9. The van der Waals surface area contributed by atoms with Crippen LogP contribution in [0.15, 0.2) is 36.7 Å². The number of carbonyl (C=O) groups is 1. The van der Waals surface area contributed by atoms with Crippen LogP contribution in [0.3, 0.4) is 0 Å². The van der Waals surface area contributed by atoms with Crippen molar-refractivity contribution in [2.45, 2.75) is 26.3 Å². The number of amides is 1. The summed E-state index contributed by atoms with van der Waals surface area (Å²) in [5.74, 6) is 0.453. The summed E-state index contributed by atoms with van der Waals surface area (Å²) >= 11 is 0. The Morgan fingerprint density at radius 1 is 1.50 bits per heavy atom. The first-order valence-corrected chi connectivity index (χ1v) is 7.66. The van der Waals surface area contributed by atoms with Gasteiger partial charge in [0, 0.05) is 37.9 Å². The molecule has 0 aliphatic carbocycles. The van der Waals surface area contributed by atoms with Gasteiger partial charge in [0.15, 0.2) is 0 Å². The monoisotopic (exact) mass is 299 g/mol. The van der Waals surface area contributed by atoms with Gasteiger partial charge in [-0.1, -0.05) is 12.1 Å². The van der Waals surface area contributed by atoms with E-state index in [1.165, 1.54) is 5.56 Å². The predicted octanol–water partition coefficient (Wildman–Crippen LogP) is 2.22. The van der Waals surface area contributed by atoms with E-state index in [1.54, 1.807) is 6.20 Å². The van der Waals surface area contributed by atoms with Crippen LogP contribution in [0.25, 0.3) is 5.69 Å². The maximum atomic E-state index is 11.9. The highest BCUT2D eigenvalue weighted by Crippen LogP contribution is 2.16. The summed E-state index contributed by atoms with van der Waals surface area (Å²) in [6, 6.07) is 8.16. The molecule has 5 nitrogen and oxygen atoms in total. The summed E-state index contributed by atoms with van der Waals surface area (Å²) in [6.45, 7) is 4.05. The van der Waals surface area contributed by atoms with Crippen molar-refractivity contribution < 1.29 is 9.53 Å². The highest BCUT2D eigenvalue weighted by molar-refractivity contribution is 5.76. The van der Waals surface area contributed by atoms with Gasteiger partial charge in [0.05, 0.1) is 11.9 Å². The quantitative estimate of drug-likeness (QED) is 0.921. The van der Waals surface area contributed by atoms with Crippen LogP contribution in [0.4, 0.5) is 0 Å². The number of rotatable bonds is 5. The molecule has 116 valence electrons. The van der Waals surface area contributed by atoms with E-state index in [9.17, 15) is 4.79 Å². The highest BCUT2D eigenvalue weighted by atomic mass is 16.5. The molecular formula is C17H21N3O2. The van der Waals surface area contributed by atoms with Crippen molar-refractivity contribution >= 4 is 5.91 Å². The fourth-order valence-corrected chi connectivity index (χ4v) is 2.64. The van der Waals surface area contributed by atoms with Gasteiger partial charge < -0.3 is 10.1 Å². The van der Waals surface area contributed by atoms with Crippen molar-refractivity contribution in [2.75, 3.05) is 13.2 Å². The number of ether oxygens (including phenoxy) is 1. The molecule has 1 amide bonds. The Morgan fingerprint density at radius 3 is 3.18 bits per heavy atom. The average Bonchev–Trinajstić information content (AvgIpc) is 3.16. The van der Waals surface area contributed by atoms with Gasteiger partial charge in [0.2, 0.25) is 5.91 Å². The zero-order valence-electron chi connectivity index (χ0n) is 12.8. The summed E-state index contributed by atoms with van der Waals surface area (Å²) in [5, 5.41) is 7.31. The van der Waals surface area contributed by atoms with Crippen LogP contribution in [-0.4, -0.2) is 28.9 Å². The minimum Gasteiger partial charge on any atom is -0.381 e. The van der Waals surface area contributed by atoms with Gasteiger partial charge in [0.25, 0.3) is 0 Å². The van der Waals surface area contributed by atoms with E-state index < -0.39 is 0 Å². The van der Waals surface area contributed by atoms with E-state index in [0.717, 1.165) is 24.3 Å². The summed E-state index contributed by atoms with van der Waals surface area (Å²) in [7, 11) is 0. The van der Waals surface area contributed by atoms with E-state index in [-0.39, 0.29) is 5.91 Å². The molecule has 3 rings (SSSR count). The fourth-order valence-electron chi connectivity index (χ4n) is 2.64. The van der Waals surface area contributed by atoms with E-state index in [0.29, 0.717) is 25.5 Å². The molecule has 1 aliphatic heterocycles. The number of benzene rings is 1. The second kappa shape index (κ2) is 6.75. The zero-order chi connectivity index (χ0) is 15.4. The molecule has 0 radical (unpaired) electrons. The van der Waals surface area contributed by atoms with Crippen molar-refractivity contribution in [3.05, 3.63) is 47.8 Å². The number of aryl methyl sites for hydroxylation is 1. The second-order valence-electron chi connectivity index (χ2n) is 5.84. The molecule has 1 aliphatic rings. The number of carbonyl (C=O) groups excluding carboxylic acids is 1. The molecule has 0 saturated carbocycles. The van der Waals surface area contributed by atoms with Crippen molar-refractivity contribution in [1.29, 1.82) is 0 Å². The predicted molar refractivity (Wildman–Crippen MR) is 83.7 cm³/mol. The SMILES string of the molecule is Cc1cccc(-n2cc(CNC(=O)C[C@@H]3CCOC3)cn2)c1. The van der Waals surface area contributed by atoms with Crippen LogP contribution in [0.2, 0.25) is 0 Å². The summed E-state index contributed by atoms with van der Waals surface area (Å²) < 4.78 is 7.12. The highest BCUT2D eigenvalue weighted by Gasteiger charge is 2.18. The van der Waals surface area contributed by atoms with Crippen LogP contribution in [-0.2, 0) is 16.1 Å². The number of hydrogen-bond acceptors (Lipinski definition) is 3. The van der Waals surface area contributed by atoms with Gasteiger partial charge >= 0.3 is 0 Å². The lowest BCUT2D eigenvalue weighted by atomic mass is 10.0. The Hall–Kier alpha value is -2.14. The molecule has 0 spiro atoms. The lowest BCUT2D eigenvalue weighted by molar-refractivity contribution is -0.122. The molecule has 0 unspecified atom stereocenters. The maximum absolute atomic E-state index is 11.9. The molecule has 2 aromatic rings. The third kappa shape index (κ3) is 3.74. The smallest absolute Gasteiger partial charge is 0.220 e. The Balaban J connectivity index is 1.54. The van der Waals surface area contributed by atoms with E-state index >= 15 is 0 Å². The van der Waals surface area contributed by atoms with Crippen LogP contribution >= 0.6 is 0 Å². The Kier molecular flexibility index (Phi) is 4.53. The first-order chi connectivity index (χ1) is 10.7. The van der Waals surface area contributed by atoms with Crippen LogP contribution < -0.4 is 5.32 Å². The molecule has 22 heavy (non-hydrogen) atoms. The van der Waals surface area contributed by atoms with Crippen LogP contribution in [0.1, 0.15) is 24.0 Å². The lowest BCUT2D eigenvalue weighted by Gasteiger charge is -2.07. The van der Waals surface area contributed by atoms with E-state index in [4.69, 9.17) is 4.74 Å². The van der Waals surface area contributed by atoms with E-state index in [2.05, 4.69) is 29.5 Å². The number of aromatic nitrogens is 2.